The van der Waals surface area contributed by atoms with Crippen LogP contribution in [0.1, 0.15) is 47.5 Å². The molecule has 0 heterocycles. The average molecular weight is 216 g/mol. The Bertz CT molecular complexity index is 136. The second kappa shape index (κ2) is 13.6. The molecule has 0 aliphatic rings. The van der Waals surface area contributed by atoms with Crippen molar-refractivity contribution < 1.29 is 4.79 Å². The van der Waals surface area contributed by atoms with Gasteiger partial charge in [-0.05, 0) is 32.9 Å². The predicted octanol–water partition coefficient (Wildman–Crippen LogP) is 1.97. The first-order chi connectivity index (χ1) is 7.13. The van der Waals surface area contributed by atoms with Crippen LogP contribution in [0.25, 0.3) is 0 Å². The number of hydrogen-bond acceptors (Lipinski definition) is 3. The van der Waals surface area contributed by atoms with Gasteiger partial charge in [0.1, 0.15) is 5.78 Å². The van der Waals surface area contributed by atoms with Gasteiger partial charge in [0.2, 0.25) is 0 Å². The van der Waals surface area contributed by atoms with Crippen LogP contribution in [-0.4, -0.2) is 31.5 Å². The van der Waals surface area contributed by atoms with E-state index in [1.807, 2.05) is 13.8 Å². The molecular formula is C12H28N2O. The van der Waals surface area contributed by atoms with Gasteiger partial charge in [0.05, 0.1) is 6.54 Å². The van der Waals surface area contributed by atoms with Crippen LogP contribution in [0, 0.1) is 0 Å². The second-order valence-electron chi connectivity index (χ2n) is 3.69. The van der Waals surface area contributed by atoms with Gasteiger partial charge in [0.25, 0.3) is 0 Å². The molecular weight excluding hydrogens is 188 g/mol. The maximum atomic E-state index is 10.5. The molecule has 0 aromatic rings. The number of carbonyl (C=O) groups excluding carboxylic acids is 1. The molecule has 0 bridgehead atoms. The number of Topliss-reactive ketones (excluding diaryl/α,β-unsaturated/α-hetero) is 1. The molecule has 0 fully saturated rings. The zero-order chi connectivity index (χ0) is 12.1. The molecule has 0 aliphatic carbocycles. The fourth-order valence-electron chi connectivity index (χ4n) is 1.03. The summed E-state index contributed by atoms with van der Waals surface area (Å²) in [5, 5.41) is 6.45. The van der Waals surface area contributed by atoms with E-state index < -0.39 is 0 Å². The van der Waals surface area contributed by atoms with Crippen molar-refractivity contribution in [3.63, 3.8) is 0 Å². The van der Waals surface area contributed by atoms with Crippen molar-refractivity contribution in [1.29, 1.82) is 0 Å². The van der Waals surface area contributed by atoms with Crippen LogP contribution in [-0.2, 0) is 4.79 Å². The molecule has 0 aromatic carbocycles. The predicted molar refractivity (Wildman–Crippen MR) is 67.3 cm³/mol. The van der Waals surface area contributed by atoms with Gasteiger partial charge >= 0.3 is 0 Å². The Balaban J connectivity index is 0. The van der Waals surface area contributed by atoms with Crippen LogP contribution < -0.4 is 10.6 Å². The van der Waals surface area contributed by atoms with Gasteiger partial charge in [-0.15, -0.1) is 0 Å². The smallest absolute Gasteiger partial charge is 0.143 e. The van der Waals surface area contributed by atoms with Crippen molar-refractivity contribution in [3.05, 3.63) is 0 Å². The Labute approximate surface area is 95.0 Å². The third-order valence-electron chi connectivity index (χ3n) is 1.71. The van der Waals surface area contributed by atoms with E-state index in [1.165, 1.54) is 6.42 Å². The molecule has 15 heavy (non-hydrogen) atoms. The Kier molecular flexibility index (Phi) is 15.4. The SMILES string of the molecule is CC.CC(=O)CNCCCCNC(C)C. The van der Waals surface area contributed by atoms with E-state index in [4.69, 9.17) is 0 Å². The summed E-state index contributed by atoms with van der Waals surface area (Å²) < 4.78 is 0. The molecule has 0 aliphatic heterocycles. The summed E-state index contributed by atoms with van der Waals surface area (Å²) in [6, 6.07) is 0.574. The quantitative estimate of drug-likeness (QED) is 0.610. The van der Waals surface area contributed by atoms with Crippen molar-refractivity contribution in [2.45, 2.75) is 53.5 Å². The maximum Gasteiger partial charge on any atom is 0.143 e. The highest BCUT2D eigenvalue weighted by atomic mass is 16.1. The number of nitrogens with one attached hydrogen (secondary N) is 2. The molecule has 3 heteroatoms. The first kappa shape index (κ1) is 17.0. The van der Waals surface area contributed by atoms with Crippen molar-refractivity contribution in [2.24, 2.45) is 0 Å². The molecule has 0 aromatic heterocycles. The number of unbranched alkanes of at least 4 members (excludes halogenated alkanes) is 1. The minimum absolute atomic E-state index is 0.209. The minimum Gasteiger partial charge on any atom is -0.315 e. The lowest BCUT2D eigenvalue weighted by molar-refractivity contribution is -0.116. The zero-order valence-electron chi connectivity index (χ0n) is 11.0. The molecule has 0 saturated heterocycles. The fourth-order valence-corrected chi connectivity index (χ4v) is 1.03. The molecule has 0 atom stereocenters. The molecule has 2 N–H and O–H groups in total. The monoisotopic (exact) mass is 216 g/mol. The van der Waals surface area contributed by atoms with Gasteiger partial charge in [-0.3, -0.25) is 4.79 Å². The van der Waals surface area contributed by atoms with Crippen LogP contribution in [0.5, 0.6) is 0 Å². The Morgan fingerprint density at radius 1 is 1.13 bits per heavy atom. The van der Waals surface area contributed by atoms with E-state index in [0.29, 0.717) is 12.6 Å². The summed E-state index contributed by atoms with van der Waals surface area (Å²) in [6.45, 7) is 12.4. The van der Waals surface area contributed by atoms with Crippen LogP contribution in [0.3, 0.4) is 0 Å². The summed E-state index contributed by atoms with van der Waals surface area (Å²) in [4.78, 5) is 10.5. The summed E-state index contributed by atoms with van der Waals surface area (Å²) >= 11 is 0. The molecule has 3 nitrogen and oxygen atoms in total. The van der Waals surface area contributed by atoms with Gasteiger partial charge in [-0.25, -0.2) is 0 Å². The fraction of sp³-hybridized carbons (Fsp3) is 0.917. The lowest BCUT2D eigenvalue weighted by atomic mass is 10.3. The van der Waals surface area contributed by atoms with Crippen LogP contribution in [0.4, 0.5) is 0 Å². The van der Waals surface area contributed by atoms with Crippen molar-refractivity contribution >= 4 is 5.78 Å². The summed E-state index contributed by atoms with van der Waals surface area (Å²) in [6.07, 6.45) is 2.30. The lowest BCUT2D eigenvalue weighted by Gasteiger charge is -2.07. The van der Waals surface area contributed by atoms with Gasteiger partial charge in [-0.2, -0.15) is 0 Å². The Morgan fingerprint density at radius 2 is 1.67 bits per heavy atom. The average Bonchev–Trinajstić information content (AvgIpc) is 2.18. The molecule has 0 rings (SSSR count). The normalized spacial score (nSPS) is 9.73. The van der Waals surface area contributed by atoms with Crippen molar-refractivity contribution in [3.8, 4) is 0 Å². The molecule has 92 valence electrons. The third kappa shape index (κ3) is 19.8. The Hall–Kier alpha value is -0.410. The number of hydrogen-bond donors (Lipinski definition) is 2. The van der Waals surface area contributed by atoms with Crippen LogP contribution in [0.2, 0.25) is 0 Å². The standard InChI is InChI=1S/C10H22N2O.C2H6/c1-9(2)12-7-5-4-6-11-8-10(3)13;1-2/h9,11-12H,4-8H2,1-3H3;1-2H3. The molecule has 0 spiro atoms. The highest BCUT2D eigenvalue weighted by Gasteiger charge is 1.93. The van der Waals surface area contributed by atoms with E-state index in [2.05, 4.69) is 24.5 Å². The van der Waals surface area contributed by atoms with Crippen molar-refractivity contribution in [1.82, 2.24) is 10.6 Å². The summed E-state index contributed by atoms with van der Waals surface area (Å²) in [7, 11) is 0. The van der Waals surface area contributed by atoms with Crippen LogP contribution in [0.15, 0.2) is 0 Å². The first-order valence-corrected chi connectivity index (χ1v) is 6.06. The topological polar surface area (TPSA) is 41.1 Å². The number of rotatable bonds is 8. The van der Waals surface area contributed by atoms with E-state index in [0.717, 1.165) is 19.5 Å². The lowest BCUT2D eigenvalue weighted by Crippen LogP contribution is -2.26. The molecule has 0 unspecified atom stereocenters. The van der Waals surface area contributed by atoms with E-state index in [9.17, 15) is 4.79 Å². The molecule has 0 saturated carbocycles. The highest BCUT2D eigenvalue weighted by Crippen LogP contribution is 1.86. The van der Waals surface area contributed by atoms with Crippen LogP contribution >= 0.6 is 0 Å². The molecule has 0 radical (unpaired) electrons. The number of ketones is 1. The summed E-state index contributed by atoms with van der Waals surface area (Å²) in [5.74, 6) is 0.209. The van der Waals surface area contributed by atoms with Gasteiger partial charge in [0, 0.05) is 6.04 Å². The van der Waals surface area contributed by atoms with Gasteiger partial charge < -0.3 is 10.6 Å². The highest BCUT2D eigenvalue weighted by molar-refractivity contribution is 5.77. The summed E-state index contributed by atoms with van der Waals surface area (Å²) in [5.41, 5.74) is 0. The minimum atomic E-state index is 0.209. The molecule has 0 amide bonds. The van der Waals surface area contributed by atoms with Gasteiger partial charge in [-0.1, -0.05) is 27.7 Å². The Morgan fingerprint density at radius 3 is 2.13 bits per heavy atom. The van der Waals surface area contributed by atoms with Crippen molar-refractivity contribution in [2.75, 3.05) is 19.6 Å². The number of carbonyl (C=O) groups is 1. The van der Waals surface area contributed by atoms with E-state index in [1.54, 1.807) is 6.92 Å². The largest absolute Gasteiger partial charge is 0.315 e. The third-order valence-corrected chi connectivity index (χ3v) is 1.71. The first-order valence-electron chi connectivity index (χ1n) is 6.06. The van der Waals surface area contributed by atoms with E-state index >= 15 is 0 Å². The maximum absolute atomic E-state index is 10.5. The second-order valence-corrected chi connectivity index (χ2v) is 3.69. The zero-order valence-corrected chi connectivity index (χ0v) is 11.0. The van der Waals surface area contributed by atoms with E-state index in [-0.39, 0.29) is 5.78 Å². The van der Waals surface area contributed by atoms with Gasteiger partial charge in [0.15, 0.2) is 0 Å².